The second kappa shape index (κ2) is 6.38. The number of nitrogens with one attached hydrogen (secondary N) is 1. The second-order valence-electron chi connectivity index (χ2n) is 5.05. The largest absolute Gasteiger partial charge is 0.314 e. The lowest BCUT2D eigenvalue weighted by atomic mass is 10.0. The summed E-state index contributed by atoms with van der Waals surface area (Å²) in [5, 5.41) is 3.40. The SMILES string of the molecule is CN1CCC(=CCCN2CCNCC2)CC1. The lowest BCUT2D eigenvalue weighted by Gasteiger charge is -2.27. The Hall–Kier alpha value is -0.380. The number of piperidine rings is 1. The fourth-order valence-electron chi connectivity index (χ4n) is 2.50. The zero-order valence-corrected chi connectivity index (χ0v) is 10.5. The first-order valence-corrected chi connectivity index (χ1v) is 6.64. The van der Waals surface area contributed by atoms with E-state index in [-0.39, 0.29) is 0 Å². The molecular formula is C13H25N3. The number of hydrogen-bond acceptors (Lipinski definition) is 3. The predicted octanol–water partition coefficient (Wildman–Crippen LogP) is 0.934. The normalized spacial score (nSPS) is 24.7. The minimum atomic E-state index is 1.17. The first-order valence-electron chi connectivity index (χ1n) is 6.64. The van der Waals surface area contributed by atoms with Crippen molar-refractivity contribution in [2.24, 2.45) is 0 Å². The maximum Gasteiger partial charge on any atom is 0.0107 e. The van der Waals surface area contributed by atoms with Crippen molar-refractivity contribution in [1.29, 1.82) is 0 Å². The summed E-state index contributed by atoms with van der Waals surface area (Å²) in [6.07, 6.45) is 6.32. The zero-order valence-electron chi connectivity index (χ0n) is 10.5. The lowest BCUT2D eigenvalue weighted by Crippen LogP contribution is -2.43. The topological polar surface area (TPSA) is 18.5 Å². The van der Waals surface area contributed by atoms with Gasteiger partial charge in [-0.1, -0.05) is 11.6 Å². The summed E-state index contributed by atoms with van der Waals surface area (Å²) in [6, 6.07) is 0. The summed E-state index contributed by atoms with van der Waals surface area (Å²) in [7, 11) is 2.22. The van der Waals surface area contributed by atoms with Crippen molar-refractivity contribution in [3.05, 3.63) is 11.6 Å². The molecular weight excluding hydrogens is 198 g/mol. The molecule has 0 aromatic carbocycles. The Morgan fingerprint density at radius 3 is 2.50 bits per heavy atom. The Balaban J connectivity index is 1.64. The van der Waals surface area contributed by atoms with Gasteiger partial charge in [0.2, 0.25) is 0 Å². The molecule has 2 rings (SSSR count). The number of likely N-dealkylation sites (tertiary alicyclic amines) is 1. The van der Waals surface area contributed by atoms with E-state index in [1.165, 1.54) is 65.1 Å². The van der Waals surface area contributed by atoms with Crippen molar-refractivity contribution in [1.82, 2.24) is 15.1 Å². The summed E-state index contributed by atoms with van der Waals surface area (Å²) < 4.78 is 0. The molecule has 0 aliphatic carbocycles. The maximum atomic E-state index is 3.40. The van der Waals surface area contributed by atoms with E-state index in [1.54, 1.807) is 5.57 Å². The molecule has 2 aliphatic heterocycles. The van der Waals surface area contributed by atoms with Gasteiger partial charge in [-0.2, -0.15) is 0 Å². The summed E-state index contributed by atoms with van der Waals surface area (Å²) >= 11 is 0. The molecule has 0 aromatic heterocycles. The van der Waals surface area contributed by atoms with Gasteiger partial charge in [-0.3, -0.25) is 0 Å². The summed E-state index contributed by atoms with van der Waals surface area (Å²) in [5.74, 6) is 0. The molecule has 0 bridgehead atoms. The first kappa shape index (κ1) is 12.1. The van der Waals surface area contributed by atoms with Crippen molar-refractivity contribution in [3.63, 3.8) is 0 Å². The highest BCUT2D eigenvalue weighted by Gasteiger charge is 2.10. The van der Waals surface area contributed by atoms with Crippen molar-refractivity contribution in [2.45, 2.75) is 19.3 Å². The third-order valence-electron chi connectivity index (χ3n) is 3.72. The molecule has 16 heavy (non-hydrogen) atoms. The Labute approximate surface area is 99.5 Å². The summed E-state index contributed by atoms with van der Waals surface area (Å²) in [6.45, 7) is 8.54. The number of piperazine rings is 1. The van der Waals surface area contributed by atoms with Crippen LogP contribution in [0.1, 0.15) is 19.3 Å². The van der Waals surface area contributed by atoms with E-state index in [9.17, 15) is 0 Å². The number of rotatable bonds is 3. The van der Waals surface area contributed by atoms with Crippen LogP contribution in [0.25, 0.3) is 0 Å². The van der Waals surface area contributed by atoms with Crippen molar-refractivity contribution >= 4 is 0 Å². The average Bonchev–Trinajstić information content (AvgIpc) is 2.33. The molecule has 2 heterocycles. The van der Waals surface area contributed by atoms with Gasteiger partial charge >= 0.3 is 0 Å². The molecule has 3 nitrogen and oxygen atoms in total. The predicted molar refractivity (Wildman–Crippen MR) is 68.7 cm³/mol. The Bertz CT molecular complexity index is 221. The van der Waals surface area contributed by atoms with Crippen molar-refractivity contribution < 1.29 is 0 Å². The molecule has 0 atom stereocenters. The zero-order chi connectivity index (χ0) is 11.2. The third kappa shape index (κ3) is 3.89. The molecule has 2 fully saturated rings. The van der Waals surface area contributed by atoms with E-state index >= 15 is 0 Å². The smallest absolute Gasteiger partial charge is 0.0107 e. The van der Waals surface area contributed by atoms with E-state index in [4.69, 9.17) is 0 Å². The van der Waals surface area contributed by atoms with Gasteiger partial charge in [0.25, 0.3) is 0 Å². The van der Waals surface area contributed by atoms with Gasteiger partial charge in [0, 0.05) is 45.8 Å². The first-order chi connectivity index (χ1) is 7.84. The average molecular weight is 223 g/mol. The third-order valence-corrected chi connectivity index (χ3v) is 3.72. The molecule has 3 heteroatoms. The minimum Gasteiger partial charge on any atom is -0.314 e. The fraction of sp³-hybridized carbons (Fsp3) is 0.846. The highest BCUT2D eigenvalue weighted by molar-refractivity contribution is 5.05. The maximum absolute atomic E-state index is 3.40. The van der Waals surface area contributed by atoms with Crippen LogP contribution in [0.15, 0.2) is 11.6 Å². The Morgan fingerprint density at radius 1 is 1.12 bits per heavy atom. The van der Waals surface area contributed by atoms with Crippen molar-refractivity contribution in [3.8, 4) is 0 Å². The number of hydrogen-bond donors (Lipinski definition) is 1. The van der Waals surface area contributed by atoms with Crippen LogP contribution in [0.2, 0.25) is 0 Å². The molecule has 0 aromatic rings. The van der Waals surface area contributed by atoms with Gasteiger partial charge < -0.3 is 15.1 Å². The van der Waals surface area contributed by atoms with Gasteiger partial charge in [0.15, 0.2) is 0 Å². The van der Waals surface area contributed by atoms with Crippen molar-refractivity contribution in [2.75, 3.05) is 52.9 Å². The van der Waals surface area contributed by atoms with E-state index in [1.807, 2.05) is 0 Å². The standard InChI is InChI=1S/C13H25N3/c1-15-9-4-13(5-10-15)3-2-8-16-11-6-14-7-12-16/h3,14H,2,4-12H2,1H3. The summed E-state index contributed by atoms with van der Waals surface area (Å²) in [4.78, 5) is 5.00. The molecule has 0 spiro atoms. The highest BCUT2D eigenvalue weighted by atomic mass is 15.2. The molecule has 0 radical (unpaired) electrons. The number of nitrogens with zero attached hydrogens (tertiary/aromatic N) is 2. The van der Waals surface area contributed by atoms with Gasteiger partial charge in [-0.05, 0) is 26.3 Å². The van der Waals surface area contributed by atoms with Gasteiger partial charge in [0.05, 0.1) is 0 Å². The van der Waals surface area contributed by atoms with Crippen LogP contribution < -0.4 is 5.32 Å². The fourth-order valence-corrected chi connectivity index (χ4v) is 2.50. The molecule has 92 valence electrons. The van der Waals surface area contributed by atoms with Crippen LogP contribution >= 0.6 is 0 Å². The van der Waals surface area contributed by atoms with Gasteiger partial charge in [-0.15, -0.1) is 0 Å². The highest BCUT2D eigenvalue weighted by Crippen LogP contribution is 2.15. The van der Waals surface area contributed by atoms with Crippen LogP contribution in [0, 0.1) is 0 Å². The quantitative estimate of drug-likeness (QED) is 0.718. The van der Waals surface area contributed by atoms with E-state index < -0.39 is 0 Å². The van der Waals surface area contributed by atoms with E-state index in [0.29, 0.717) is 0 Å². The molecule has 1 N–H and O–H groups in total. The van der Waals surface area contributed by atoms with Crippen LogP contribution in [0.5, 0.6) is 0 Å². The van der Waals surface area contributed by atoms with Crippen LogP contribution in [0.4, 0.5) is 0 Å². The molecule has 2 saturated heterocycles. The molecule has 0 saturated carbocycles. The van der Waals surface area contributed by atoms with Crippen LogP contribution in [-0.2, 0) is 0 Å². The molecule has 0 amide bonds. The van der Waals surface area contributed by atoms with E-state index in [2.05, 4.69) is 28.2 Å². The van der Waals surface area contributed by atoms with E-state index in [0.717, 1.165) is 0 Å². The van der Waals surface area contributed by atoms with Gasteiger partial charge in [-0.25, -0.2) is 0 Å². The van der Waals surface area contributed by atoms with Gasteiger partial charge in [0.1, 0.15) is 0 Å². The molecule has 0 unspecified atom stereocenters. The van der Waals surface area contributed by atoms with Crippen LogP contribution in [0.3, 0.4) is 0 Å². The Morgan fingerprint density at radius 2 is 1.81 bits per heavy atom. The Kier molecular flexibility index (Phi) is 4.82. The van der Waals surface area contributed by atoms with Crippen LogP contribution in [-0.4, -0.2) is 62.7 Å². The minimum absolute atomic E-state index is 1.17. The monoisotopic (exact) mass is 223 g/mol. The lowest BCUT2D eigenvalue weighted by molar-refractivity contribution is 0.245. The second-order valence-corrected chi connectivity index (χ2v) is 5.05. The molecule has 2 aliphatic rings. The summed E-state index contributed by atoms with van der Waals surface area (Å²) in [5.41, 5.74) is 1.69.